The van der Waals surface area contributed by atoms with Crippen LogP contribution in [-0.2, 0) is 12.8 Å². The van der Waals surface area contributed by atoms with E-state index in [0.717, 1.165) is 18.5 Å². The first-order valence-corrected chi connectivity index (χ1v) is 5.27. The number of nitrogens with zero attached hydrogens (tertiary/aromatic N) is 2. The zero-order valence-electron chi connectivity index (χ0n) is 8.93. The lowest BCUT2D eigenvalue weighted by molar-refractivity contribution is 0.913. The van der Waals surface area contributed by atoms with Gasteiger partial charge in [-0.2, -0.15) is 5.26 Å². The Hall–Kier alpha value is -2.14. The molecule has 0 N–H and O–H groups in total. The van der Waals surface area contributed by atoms with Crippen LogP contribution < -0.4 is 0 Å². The minimum atomic E-state index is 0.710. The van der Waals surface area contributed by atoms with E-state index < -0.39 is 0 Å². The highest BCUT2D eigenvalue weighted by Gasteiger charge is 1.96. The first-order valence-electron chi connectivity index (χ1n) is 5.27. The van der Waals surface area contributed by atoms with Gasteiger partial charge in [0.2, 0.25) is 0 Å². The number of nitriles is 1. The van der Waals surface area contributed by atoms with Gasteiger partial charge in [0, 0.05) is 11.9 Å². The van der Waals surface area contributed by atoms with Gasteiger partial charge in [-0.25, -0.2) is 0 Å². The average molecular weight is 208 g/mol. The third-order valence-electron chi connectivity index (χ3n) is 2.48. The van der Waals surface area contributed by atoms with Crippen LogP contribution in [0.4, 0.5) is 0 Å². The molecule has 16 heavy (non-hydrogen) atoms. The largest absolute Gasteiger partial charge is 0.261 e. The van der Waals surface area contributed by atoms with Crippen LogP contribution in [-0.4, -0.2) is 4.98 Å². The molecule has 0 saturated heterocycles. The van der Waals surface area contributed by atoms with Crippen molar-refractivity contribution in [1.29, 1.82) is 5.26 Å². The van der Waals surface area contributed by atoms with Crippen LogP contribution in [0.2, 0.25) is 0 Å². The molecular weight excluding hydrogens is 196 g/mol. The minimum absolute atomic E-state index is 0.710. The van der Waals surface area contributed by atoms with Crippen molar-refractivity contribution in [3.05, 3.63) is 65.5 Å². The van der Waals surface area contributed by atoms with Gasteiger partial charge in [0.15, 0.2) is 0 Å². The molecule has 2 aromatic rings. The Balaban J connectivity index is 1.98. The van der Waals surface area contributed by atoms with Crippen molar-refractivity contribution in [3.63, 3.8) is 0 Å². The number of hydrogen-bond acceptors (Lipinski definition) is 2. The second kappa shape index (κ2) is 5.09. The van der Waals surface area contributed by atoms with Crippen molar-refractivity contribution in [2.24, 2.45) is 0 Å². The zero-order chi connectivity index (χ0) is 11.2. The van der Waals surface area contributed by atoms with E-state index in [9.17, 15) is 0 Å². The summed E-state index contributed by atoms with van der Waals surface area (Å²) in [7, 11) is 0. The number of hydrogen-bond donors (Lipinski definition) is 0. The van der Waals surface area contributed by atoms with Gasteiger partial charge in [0.1, 0.15) is 0 Å². The maximum absolute atomic E-state index is 8.68. The van der Waals surface area contributed by atoms with Crippen LogP contribution in [0.5, 0.6) is 0 Å². The highest BCUT2D eigenvalue weighted by atomic mass is 14.7. The molecule has 0 aliphatic heterocycles. The van der Waals surface area contributed by atoms with Crippen LogP contribution >= 0.6 is 0 Å². The number of aryl methyl sites for hydroxylation is 2. The lowest BCUT2D eigenvalue weighted by Crippen LogP contribution is -1.93. The Morgan fingerprint density at radius 3 is 2.44 bits per heavy atom. The van der Waals surface area contributed by atoms with Crippen LogP contribution in [0.3, 0.4) is 0 Å². The topological polar surface area (TPSA) is 36.7 Å². The van der Waals surface area contributed by atoms with Gasteiger partial charge >= 0.3 is 0 Å². The lowest BCUT2D eigenvalue weighted by Gasteiger charge is -2.01. The predicted molar refractivity (Wildman–Crippen MR) is 62.8 cm³/mol. The lowest BCUT2D eigenvalue weighted by atomic mass is 10.1. The third kappa shape index (κ3) is 2.68. The van der Waals surface area contributed by atoms with Crippen molar-refractivity contribution >= 4 is 0 Å². The van der Waals surface area contributed by atoms with E-state index in [1.807, 2.05) is 48.7 Å². The molecule has 0 aliphatic carbocycles. The SMILES string of the molecule is N#Cc1ccc(CCc2ccccn2)cc1. The molecule has 0 unspecified atom stereocenters. The number of aromatic nitrogens is 1. The number of pyridine rings is 1. The van der Waals surface area contributed by atoms with E-state index in [2.05, 4.69) is 11.1 Å². The van der Waals surface area contributed by atoms with Crippen LogP contribution in [0.25, 0.3) is 0 Å². The Kier molecular flexibility index (Phi) is 3.30. The molecule has 1 aromatic carbocycles. The first-order chi connectivity index (χ1) is 7.88. The second-order valence-corrected chi connectivity index (χ2v) is 3.63. The molecule has 0 atom stereocenters. The van der Waals surface area contributed by atoms with Crippen molar-refractivity contribution in [3.8, 4) is 6.07 Å². The van der Waals surface area contributed by atoms with E-state index >= 15 is 0 Å². The summed E-state index contributed by atoms with van der Waals surface area (Å²) in [6, 6.07) is 15.8. The Bertz CT molecular complexity index is 480. The van der Waals surface area contributed by atoms with E-state index in [4.69, 9.17) is 5.26 Å². The first kappa shape index (κ1) is 10.4. The van der Waals surface area contributed by atoms with E-state index in [-0.39, 0.29) is 0 Å². The summed E-state index contributed by atoms with van der Waals surface area (Å²) in [5.41, 5.74) is 3.05. The standard InChI is InChI=1S/C14H12N2/c15-11-13-6-4-12(5-7-13)8-9-14-3-1-2-10-16-14/h1-7,10H,8-9H2. The maximum atomic E-state index is 8.68. The Morgan fingerprint density at radius 1 is 1.00 bits per heavy atom. The molecule has 0 aliphatic rings. The average Bonchev–Trinajstić information content (AvgIpc) is 2.38. The highest BCUT2D eigenvalue weighted by molar-refractivity contribution is 5.31. The molecular formula is C14H12N2. The summed E-state index contributed by atoms with van der Waals surface area (Å²) in [5.74, 6) is 0. The summed E-state index contributed by atoms with van der Waals surface area (Å²) in [6.07, 6.45) is 3.71. The van der Waals surface area contributed by atoms with Gasteiger partial charge < -0.3 is 0 Å². The summed E-state index contributed by atoms with van der Waals surface area (Å²) in [6.45, 7) is 0. The van der Waals surface area contributed by atoms with Gasteiger partial charge in [0.25, 0.3) is 0 Å². The van der Waals surface area contributed by atoms with Gasteiger partial charge in [-0.15, -0.1) is 0 Å². The molecule has 2 heteroatoms. The quantitative estimate of drug-likeness (QED) is 0.777. The molecule has 0 fully saturated rings. The molecule has 78 valence electrons. The van der Waals surface area contributed by atoms with Crippen LogP contribution in [0.15, 0.2) is 48.7 Å². The van der Waals surface area contributed by atoms with Gasteiger partial charge in [-0.1, -0.05) is 18.2 Å². The summed E-state index contributed by atoms with van der Waals surface area (Å²) >= 11 is 0. The molecule has 0 amide bonds. The number of rotatable bonds is 3. The van der Waals surface area contributed by atoms with E-state index in [0.29, 0.717) is 5.56 Å². The second-order valence-electron chi connectivity index (χ2n) is 3.63. The molecule has 2 rings (SSSR count). The third-order valence-corrected chi connectivity index (χ3v) is 2.48. The summed E-state index contributed by atoms with van der Waals surface area (Å²) < 4.78 is 0. The van der Waals surface area contributed by atoms with Gasteiger partial charge in [0.05, 0.1) is 11.6 Å². The Morgan fingerprint density at radius 2 is 1.81 bits per heavy atom. The Labute approximate surface area is 95.2 Å². The summed E-state index contributed by atoms with van der Waals surface area (Å²) in [4.78, 5) is 4.28. The monoisotopic (exact) mass is 208 g/mol. The fourth-order valence-corrected chi connectivity index (χ4v) is 1.56. The molecule has 1 heterocycles. The van der Waals surface area contributed by atoms with Gasteiger partial charge in [-0.3, -0.25) is 4.98 Å². The molecule has 0 spiro atoms. The molecule has 0 bridgehead atoms. The zero-order valence-corrected chi connectivity index (χ0v) is 8.93. The molecule has 1 aromatic heterocycles. The van der Waals surface area contributed by atoms with E-state index in [1.54, 1.807) is 0 Å². The highest BCUT2D eigenvalue weighted by Crippen LogP contribution is 2.07. The molecule has 2 nitrogen and oxygen atoms in total. The van der Waals surface area contributed by atoms with Crippen LogP contribution in [0, 0.1) is 11.3 Å². The van der Waals surface area contributed by atoms with Crippen molar-refractivity contribution in [2.75, 3.05) is 0 Å². The minimum Gasteiger partial charge on any atom is -0.261 e. The summed E-state index contributed by atoms with van der Waals surface area (Å²) in [5, 5.41) is 8.68. The van der Waals surface area contributed by atoms with Crippen molar-refractivity contribution in [1.82, 2.24) is 4.98 Å². The fraction of sp³-hybridized carbons (Fsp3) is 0.143. The smallest absolute Gasteiger partial charge is 0.0991 e. The van der Waals surface area contributed by atoms with Crippen molar-refractivity contribution in [2.45, 2.75) is 12.8 Å². The van der Waals surface area contributed by atoms with Crippen LogP contribution in [0.1, 0.15) is 16.8 Å². The normalized spacial score (nSPS) is 9.69. The van der Waals surface area contributed by atoms with Gasteiger partial charge in [-0.05, 0) is 42.7 Å². The van der Waals surface area contributed by atoms with E-state index in [1.165, 1.54) is 5.56 Å². The maximum Gasteiger partial charge on any atom is 0.0991 e. The molecule has 0 saturated carbocycles. The fourth-order valence-electron chi connectivity index (χ4n) is 1.56. The number of benzene rings is 1. The molecule has 0 radical (unpaired) electrons. The predicted octanol–water partition coefficient (Wildman–Crippen LogP) is 2.74. The van der Waals surface area contributed by atoms with Crippen molar-refractivity contribution < 1.29 is 0 Å².